The molecule has 0 bridgehead atoms. The number of para-hydroxylation sites is 1. The average Bonchev–Trinajstić information content (AvgIpc) is 2.77. The first-order chi connectivity index (χ1) is 8.66. The number of aliphatic imine (C=N–C) groups is 1. The first-order valence-corrected chi connectivity index (χ1v) is 5.80. The third-order valence-corrected chi connectivity index (χ3v) is 2.43. The van der Waals surface area contributed by atoms with Crippen molar-refractivity contribution in [2.45, 2.75) is 20.3 Å². The molecular weight excluding hydrogens is 226 g/mol. The van der Waals surface area contributed by atoms with Gasteiger partial charge >= 0.3 is 0 Å². The van der Waals surface area contributed by atoms with Gasteiger partial charge in [0.2, 0.25) is 0 Å². The second-order valence-electron chi connectivity index (χ2n) is 4.16. The highest BCUT2D eigenvalue weighted by Gasteiger charge is 2.04. The van der Waals surface area contributed by atoms with Gasteiger partial charge < -0.3 is 0 Å². The minimum absolute atomic E-state index is 0.113. The molecule has 0 fully saturated rings. The van der Waals surface area contributed by atoms with Gasteiger partial charge in [0.15, 0.2) is 5.82 Å². The van der Waals surface area contributed by atoms with Crippen molar-refractivity contribution in [2.24, 2.45) is 4.99 Å². The molecule has 0 saturated carbocycles. The molecule has 1 aromatic heterocycles. The van der Waals surface area contributed by atoms with E-state index in [1.807, 2.05) is 43.3 Å². The number of carbonyl (C=O) groups excluding carboxylic acids is 1. The number of nitrogens with zero attached hydrogens (tertiary/aromatic N) is 3. The first-order valence-electron chi connectivity index (χ1n) is 5.80. The molecule has 4 heteroatoms. The Morgan fingerprint density at radius 3 is 2.61 bits per heavy atom. The van der Waals surface area contributed by atoms with Gasteiger partial charge in [-0.2, -0.15) is 5.10 Å². The van der Waals surface area contributed by atoms with E-state index in [9.17, 15) is 4.79 Å². The zero-order valence-corrected chi connectivity index (χ0v) is 10.5. The summed E-state index contributed by atoms with van der Waals surface area (Å²) in [5, 5.41) is 4.24. The lowest BCUT2D eigenvalue weighted by atomic mass is 10.2. The lowest BCUT2D eigenvalue weighted by molar-refractivity contribution is -0.115. The van der Waals surface area contributed by atoms with Crippen LogP contribution in [0.1, 0.15) is 20.3 Å². The second kappa shape index (κ2) is 5.40. The topological polar surface area (TPSA) is 47.2 Å². The highest BCUT2D eigenvalue weighted by atomic mass is 16.1. The van der Waals surface area contributed by atoms with E-state index in [-0.39, 0.29) is 5.78 Å². The highest BCUT2D eigenvalue weighted by molar-refractivity contribution is 6.00. The first kappa shape index (κ1) is 12.2. The van der Waals surface area contributed by atoms with Gasteiger partial charge in [0.05, 0.1) is 11.9 Å². The summed E-state index contributed by atoms with van der Waals surface area (Å²) >= 11 is 0. The molecule has 0 spiro atoms. The molecule has 0 aliphatic rings. The fourth-order valence-corrected chi connectivity index (χ4v) is 1.74. The van der Waals surface area contributed by atoms with E-state index >= 15 is 0 Å². The normalized spacial score (nSPS) is 11.6. The van der Waals surface area contributed by atoms with E-state index in [0.717, 1.165) is 17.2 Å². The lowest BCUT2D eigenvalue weighted by Gasteiger charge is -2.04. The molecular formula is C14H15N3O. The quantitative estimate of drug-likeness (QED) is 0.772. The van der Waals surface area contributed by atoms with Crippen LogP contribution >= 0.6 is 0 Å². The summed E-state index contributed by atoms with van der Waals surface area (Å²) in [6.07, 6.45) is 2.08. The average molecular weight is 241 g/mol. The number of ketones is 1. The van der Waals surface area contributed by atoms with Crippen molar-refractivity contribution in [2.75, 3.05) is 0 Å². The zero-order valence-electron chi connectivity index (χ0n) is 10.5. The van der Waals surface area contributed by atoms with Crippen LogP contribution in [0.25, 0.3) is 5.69 Å². The van der Waals surface area contributed by atoms with E-state index in [1.54, 1.807) is 17.8 Å². The molecule has 0 N–H and O–H groups in total. The third-order valence-electron chi connectivity index (χ3n) is 2.43. The van der Waals surface area contributed by atoms with Crippen molar-refractivity contribution in [3.05, 3.63) is 42.6 Å². The predicted octanol–water partition coefficient (Wildman–Crippen LogP) is 2.94. The Morgan fingerprint density at radius 1 is 1.22 bits per heavy atom. The maximum Gasteiger partial charge on any atom is 0.155 e. The van der Waals surface area contributed by atoms with E-state index in [4.69, 9.17) is 0 Å². The Labute approximate surface area is 106 Å². The van der Waals surface area contributed by atoms with Crippen LogP contribution in [0.2, 0.25) is 0 Å². The molecule has 0 radical (unpaired) electrons. The minimum atomic E-state index is 0.113. The number of rotatable bonds is 4. The molecule has 2 rings (SSSR count). The molecule has 18 heavy (non-hydrogen) atoms. The van der Waals surface area contributed by atoms with Crippen LogP contribution in [0.4, 0.5) is 5.82 Å². The third kappa shape index (κ3) is 2.91. The largest absolute Gasteiger partial charge is 0.300 e. The van der Waals surface area contributed by atoms with Crippen molar-refractivity contribution < 1.29 is 4.79 Å². The van der Waals surface area contributed by atoms with Crippen molar-refractivity contribution in [3.63, 3.8) is 0 Å². The standard InChI is InChI=1S/C14H15N3O/c1-11(10-12(2)18)16-14-8-9-15-17(14)13-6-4-3-5-7-13/h3-9H,10H2,1-2H3. The fraction of sp³-hybridized carbons (Fsp3) is 0.214. The Balaban J connectivity index is 2.32. The summed E-state index contributed by atoms with van der Waals surface area (Å²) in [7, 11) is 0. The Bertz CT molecular complexity index is 570. The van der Waals surface area contributed by atoms with Crippen LogP contribution in [-0.2, 0) is 4.79 Å². The molecule has 1 heterocycles. The molecule has 4 nitrogen and oxygen atoms in total. The van der Waals surface area contributed by atoms with Crippen LogP contribution in [0, 0.1) is 0 Å². The van der Waals surface area contributed by atoms with Gasteiger partial charge in [-0.1, -0.05) is 18.2 Å². The molecule has 2 aromatic rings. The molecule has 0 amide bonds. The number of benzene rings is 1. The maximum atomic E-state index is 11.0. The molecule has 0 unspecified atom stereocenters. The van der Waals surface area contributed by atoms with Crippen LogP contribution in [0.3, 0.4) is 0 Å². The molecule has 0 aliphatic carbocycles. The summed E-state index contributed by atoms with van der Waals surface area (Å²) in [6.45, 7) is 3.41. The monoisotopic (exact) mass is 241 g/mol. The van der Waals surface area contributed by atoms with Crippen LogP contribution < -0.4 is 0 Å². The number of hydrogen-bond acceptors (Lipinski definition) is 3. The van der Waals surface area contributed by atoms with Gasteiger partial charge in [0.25, 0.3) is 0 Å². The van der Waals surface area contributed by atoms with Crippen molar-refractivity contribution in [1.82, 2.24) is 9.78 Å². The summed E-state index contributed by atoms with van der Waals surface area (Å²) in [6, 6.07) is 11.6. The summed E-state index contributed by atoms with van der Waals surface area (Å²) in [4.78, 5) is 15.5. The van der Waals surface area contributed by atoms with E-state index < -0.39 is 0 Å². The molecule has 92 valence electrons. The van der Waals surface area contributed by atoms with Crippen LogP contribution in [0.5, 0.6) is 0 Å². The molecule has 0 atom stereocenters. The van der Waals surface area contributed by atoms with Gasteiger partial charge in [-0.15, -0.1) is 0 Å². The SMILES string of the molecule is CC(=O)CC(C)=Nc1ccnn1-c1ccccc1. The van der Waals surface area contributed by atoms with Gasteiger partial charge in [-0.25, -0.2) is 9.67 Å². The number of Topliss-reactive ketones (excluding diaryl/α,β-unsaturated/α-hetero) is 1. The molecule has 0 aliphatic heterocycles. The summed E-state index contributed by atoms with van der Waals surface area (Å²) in [5.41, 5.74) is 1.75. The maximum absolute atomic E-state index is 11.0. The van der Waals surface area contributed by atoms with Crippen molar-refractivity contribution in [3.8, 4) is 5.69 Å². The van der Waals surface area contributed by atoms with Crippen molar-refractivity contribution >= 4 is 17.3 Å². The van der Waals surface area contributed by atoms with Crippen molar-refractivity contribution in [1.29, 1.82) is 0 Å². The number of hydrogen-bond donors (Lipinski definition) is 0. The molecule has 0 saturated heterocycles. The Morgan fingerprint density at radius 2 is 1.94 bits per heavy atom. The summed E-state index contributed by atoms with van der Waals surface area (Å²) < 4.78 is 1.75. The Hall–Kier alpha value is -2.23. The van der Waals surface area contributed by atoms with Gasteiger partial charge in [0.1, 0.15) is 5.78 Å². The highest BCUT2D eigenvalue weighted by Crippen LogP contribution is 2.17. The van der Waals surface area contributed by atoms with Gasteiger partial charge in [0, 0.05) is 18.2 Å². The molecule has 1 aromatic carbocycles. The smallest absolute Gasteiger partial charge is 0.155 e. The number of aromatic nitrogens is 2. The number of carbonyl (C=O) groups is 1. The van der Waals surface area contributed by atoms with Crippen LogP contribution in [-0.4, -0.2) is 21.3 Å². The minimum Gasteiger partial charge on any atom is -0.300 e. The van der Waals surface area contributed by atoms with E-state index in [0.29, 0.717) is 6.42 Å². The zero-order chi connectivity index (χ0) is 13.0. The fourth-order valence-electron chi connectivity index (χ4n) is 1.74. The predicted molar refractivity (Wildman–Crippen MR) is 71.6 cm³/mol. The lowest BCUT2D eigenvalue weighted by Crippen LogP contribution is -2.01. The van der Waals surface area contributed by atoms with Gasteiger partial charge in [-0.05, 0) is 26.0 Å². The van der Waals surface area contributed by atoms with E-state index in [1.165, 1.54) is 0 Å². The van der Waals surface area contributed by atoms with E-state index in [2.05, 4.69) is 10.1 Å². The van der Waals surface area contributed by atoms with Gasteiger partial charge in [-0.3, -0.25) is 4.79 Å². The van der Waals surface area contributed by atoms with Crippen LogP contribution in [0.15, 0.2) is 47.6 Å². The second-order valence-corrected chi connectivity index (χ2v) is 4.16. The summed E-state index contributed by atoms with van der Waals surface area (Å²) in [5.74, 6) is 0.849. The Kier molecular flexibility index (Phi) is 3.67.